The molecular weight excluding hydrogens is 200 g/mol. The van der Waals surface area contributed by atoms with Gasteiger partial charge in [-0.2, -0.15) is 5.10 Å². The second kappa shape index (κ2) is 3.41. The zero-order valence-electron chi connectivity index (χ0n) is 8.83. The van der Waals surface area contributed by atoms with Crippen LogP contribution in [0, 0.1) is 6.92 Å². The molecule has 0 aliphatic carbocycles. The van der Waals surface area contributed by atoms with Crippen LogP contribution in [-0.4, -0.2) is 19.6 Å². The first-order valence-corrected chi connectivity index (χ1v) is 5.06. The monoisotopic (exact) mass is 210 g/mol. The molecule has 0 amide bonds. The van der Waals surface area contributed by atoms with Crippen LogP contribution in [0.4, 0.5) is 0 Å². The van der Waals surface area contributed by atoms with Crippen LogP contribution < -0.4 is 0 Å². The van der Waals surface area contributed by atoms with Gasteiger partial charge < -0.3 is 0 Å². The van der Waals surface area contributed by atoms with Crippen LogP contribution in [0.15, 0.2) is 42.9 Å². The van der Waals surface area contributed by atoms with Gasteiger partial charge in [0.2, 0.25) is 0 Å². The minimum Gasteiger partial charge on any atom is -0.265 e. The summed E-state index contributed by atoms with van der Waals surface area (Å²) in [7, 11) is 0. The lowest BCUT2D eigenvalue weighted by atomic mass is 10.2. The van der Waals surface area contributed by atoms with Gasteiger partial charge in [-0.25, -0.2) is 9.50 Å². The molecule has 4 nitrogen and oxygen atoms in total. The molecular formula is C12H10N4. The van der Waals surface area contributed by atoms with E-state index in [0.29, 0.717) is 0 Å². The average molecular weight is 210 g/mol. The maximum Gasteiger partial charge on any atom is 0.153 e. The lowest BCUT2D eigenvalue weighted by Gasteiger charge is -2.00. The number of hydrogen-bond acceptors (Lipinski definition) is 3. The van der Waals surface area contributed by atoms with E-state index in [1.165, 1.54) is 0 Å². The third-order valence-corrected chi connectivity index (χ3v) is 2.42. The third kappa shape index (κ3) is 1.44. The van der Waals surface area contributed by atoms with Gasteiger partial charge in [0.05, 0.1) is 17.6 Å². The van der Waals surface area contributed by atoms with Gasteiger partial charge in [-0.15, -0.1) is 0 Å². The van der Waals surface area contributed by atoms with Gasteiger partial charge in [0.15, 0.2) is 5.65 Å². The molecule has 0 bridgehead atoms. The van der Waals surface area contributed by atoms with Crippen molar-refractivity contribution in [2.75, 3.05) is 0 Å². The van der Waals surface area contributed by atoms with Crippen molar-refractivity contribution in [1.29, 1.82) is 0 Å². The molecule has 0 saturated heterocycles. The topological polar surface area (TPSA) is 43.1 Å². The third-order valence-electron chi connectivity index (χ3n) is 2.42. The molecule has 0 N–H and O–H groups in total. The maximum absolute atomic E-state index is 4.49. The van der Waals surface area contributed by atoms with Gasteiger partial charge in [0.25, 0.3) is 0 Å². The normalized spacial score (nSPS) is 10.8. The van der Waals surface area contributed by atoms with Crippen molar-refractivity contribution in [3.8, 4) is 11.3 Å². The van der Waals surface area contributed by atoms with Crippen LogP contribution in [0.25, 0.3) is 16.9 Å². The average Bonchev–Trinajstić information content (AvgIpc) is 2.69. The van der Waals surface area contributed by atoms with Gasteiger partial charge >= 0.3 is 0 Å². The molecule has 0 aliphatic rings. The molecule has 0 aromatic carbocycles. The van der Waals surface area contributed by atoms with Crippen molar-refractivity contribution in [3.63, 3.8) is 0 Å². The Morgan fingerprint density at radius 1 is 1.06 bits per heavy atom. The fourth-order valence-corrected chi connectivity index (χ4v) is 1.68. The van der Waals surface area contributed by atoms with Crippen molar-refractivity contribution in [3.05, 3.63) is 48.5 Å². The van der Waals surface area contributed by atoms with Crippen LogP contribution in [0.2, 0.25) is 0 Å². The summed E-state index contributed by atoms with van der Waals surface area (Å²) in [5.74, 6) is 0. The van der Waals surface area contributed by atoms with E-state index in [-0.39, 0.29) is 0 Å². The SMILES string of the molecule is Cc1cn2nc(-c3ccncc3)ccc2n1. The highest BCUT2D eigenvalue weighted by Gasteiger charge is 2.02. The van der Waals surface area contributed by atoms with Gasteiger partial charge in [-0.3, -0.25) is 4.98 Å². The van der Waals surface area contributed by atoms with E-state index >= 15 is 0 Å². The molecule has 3 aromatic rings. The smallest absolute Gasteiger partial charge is 0.153 e. The van der Waals surface area contributed by atoms with Crippen LogP contribution in [-0.2, 0) is 0 Å². The van der Waals surface area contributed by atoms with Crippen LogP contribution in [0.3, 0.4) is 0 Å². The highest BCUT2D eigenvalue weighted by Crippen LogP contribution is 2.15. The zero-order valence-corrected chi connectivity index (χ0v) is 8.83. The number of hydrogen-bond donors (Lipinski definition) is 0. The van der Waals surface area contributed by atoms with Gasteiger partial charge in [-0.1, -0.05) is 0 Å². The molecule has 3 rings (SSSR count). The molecule has 16 heavy (non-hydrogen) atoms. The van der Waals surface area contributed by atoms with E-state index in [4.69, 9.17) is 0 Å². The minimum absolute atomic E-state index is 0.871. The summed E-state index contributed by atoms with van der Waals surface area (Å²) >= 11 is 0. The van der Waals surface area contributed by atoms with Crippen LogP contribution in [0.1, 0.15) is 5.69 Å². The second-order valence-corrected chi connectivity index (χ2v) is 3.64. The van der Waals surface area contributed by atoms with E-state index in [1.807, 2.05) is 37.4 Å². The van der Waals surface area contributed by atoms with E-state index in [2.05, 4.69) is 15.1 Å². The quantitative estimate of drug-likeness (QED) is 0.617. The van der Waals surface area contributed by atoms with Gasteiger partial charge in [-0.05, 0) is 31.2 Å². The van der Waals surface area contributed by atoms with Crippen molar-refractivity contribution in [2.24, 2.45) is 0 Å². The lowest BCUT2D eigenvalue weighted by Crippen LogP contribution is -1.92. The minimum atomic E-state index is 0.871. The van der Waals surface area contributed by atoms with Crippen molar-refractivity contribution >= 4 is 5.65 Å². The fourth-order valence-electron chi connectivity index (χ4n) is 1.68. The zero-order chi connectivity index (χ0) is 11.0. The number of aromatic nitrogens is 4. The molecule has 0 aliphatic heterocycles. The molecule has 0 unspecified atom stereocenters. The molecule has 0 saturated carbocycles. The predicted octanol–water partition coefficient (Wildman–Crippen LogP) is 2.10. The fraction of sp³-hybridized carbons (Fsp3) is 0.0833. The number of pyridine rings is 1. The summed E-state index contributed by atoms with van der Waals surface area (Å²) in [6.45, 7) is 1.96. The molecule has 3 heterocycles. The first kappa shape index (κ1) is 9.03. The highest BCUT2D eigenvalue weighted by molar-refractivity contribution is 5.59. The Bertz CT molecular complexity index is 628. The number of imidazole rings is 1. The largest absolute Gasteiger partial charge is 0.265 e. The first-order chi connectivity index (χ1) is 7.83. The van der Waals surface area contributed by atoms with E-state index < -0.39 is 0 Å². The first-order valence-electron chi connectivity index (χ1n) is 5.06. The highest BCUT2D eigenvalue weighted by atomic mass is 15.2. The Balaban J connectivity index is 2.18. The lowest BCUT2D eigenvalue weighted by molar-refractivity contribution is 0.940. The Morgan fingerprint density at radius 2 is 1.88 bits per heavy atom. The Morgan fingerprint density at radius 3 is 2.69 bits per heavy atom. The van der Waals surface area contributed by atoms with E-state index in [1.54, 1.807) is 16.9 Å². The maximum atomic E-state index is 4.49. The number of aryl methyl sites for hydroxylation is 1. The number of rotatable bonds is 1. The van der Waals surface area contributed by atoms with Crippen molar-refractivity contribution in [2.45, 2.75) is 6.92 Å². The summed E-state index contributed by atoms with van der Waals surface area (Å²) in [6.07, 6.45) is 5.45. The molecule has 3 aromatic heterocycles. The molecule has 78 valence electrons. The second-order valence-electron chi connectivity index (χ2n) is 3.64. The Labute approximate surface area is 92.6 Å². The van der Waals surface area contributed by atoms with Crippen LogP contribution >= 0.6 is 0 Å². The van der Waals surface area contributed by atoms with Gasteiger partial charge in [0.1, 0.15) is 0 Å². The number of fused-ring (bicyclic) bond motifs is 1. The summed E-state index contributed by atoms with van der Waals surface area (Å²) < 4.78 is 1.80. The van der Waals surface area contributed by atoms with Crippen molar-refractivity contribution < 1.29 is 0 Å². The standard InChI is InChI=1S/C12H10N4/c1-9-8-16-12(14-9)3-2-11(15-16)10-4-6-13-7-5-10/h2-8H,1H3. The summed E-state index contributed by atoms with van der Waals surface area (Å²) in [5, 5.41) is 4.49. The molecule has 0 fully saturated rings. The number of nitrogens with zero attached hydrogens (tertiary/aromatic N) is 4. The summed E-state index contributed by atoms with van der Waals surface area (Å²) in [5.41, 5.74) is 3.82. The van der Waals surface area contributed by atoms with Gasteiger partial charge in [0, 0.05) is 18.0 Å². The summed E-state index contributed by atoms with van der Waals surface area (Å²) in [4.78, 5) is 8.33. The van der Waals surface area contributed by atoms with E-state index in [9.17, 15) is 0 Å². The van der Waals surface area contributed by atoms with Crippen LogP contribution in [0.5, 0.6) is 0 Å². The summed E-state index contributed by atoms with van der Waals surface area (Å²) in [6, 6.07) is 7.82. The Kier molecular flexibility index (Phi) is 1.93. The molecule has 0 radical (unpaired) electrons. The van der Waals surface area contributed by atoms with E-state index in [0.717, 1.165) is 22.6 Å². The molecule has 0 spiro atoms. The predicted molar refractivity (Wildman–Crippen MR) is 61.0 cm³/mol. The molecule has 4 heteroatoms. The van der Waals surface area contributed by atoms with Crippen molar-refractivity contribution in [1.82, 2.24) is 19.6 Å². The Hall–Kier alpha value is -2.23. The molecule has 0 atom stereocenters.